The van der Waals surface area contributed by atoms with Crippen LogP contribution in [0, 0.1) is 5.41 Å². The maximum atomic E-state index is 12.2. The van der Waals surface area contributed by atoms with Crippen LogP contribution in [0.15, 0.2) is 17.1 Å². The molecule has 124 valence electrons. The molecule has 0 bridgehead atoms. The summed E-state index contributed by atoms with van der Waals surface area (Å²) in [6, 6.07) is 1.12. The minimum atomic E-state index is -4.03. The summed E-state index contributed by atoms with van der Waals surface area (Å²) in [6.07, 6.45) is 2.87. The van der Waals surface area contributed by atoms with Crippen LogP contribution in [0.5, 0.6) is 5.75 Å². The maximum Gasteiger partial charge on any atom is 0.264 e. The van der Waals surface area contributed by atoms with Crippen molar-refractivity contribution in [2.24, 2.45) is 5.41 Å². The van der Waals surface area contributed by atoms with Gasteiger partial charge in [-0.25, -0.2) is 0 Å². The first-order valence-corrected chi connectivity index (χ1v) is 8.75. The molecule has 6 nitrogen and oxygen atoms in total. The summed E-state index contributed by atoms with van der Waals surface area (Å²) >= 11 is 0. The van der Waals surface area contributed by atoms with E-state index in [1.165, 1.54) is 6.20 Å². The molecule has 0 fully saturated rings. The first kappa shape index (κ1) is 18.6. The third kappa shape index (κ3) is 7.00. The third-order valence-corrected chi connectivity index (χ3v) is 4.02. The van der Waals surface area contributed by atoms with Crippen molar-refractivity contribution < 1.29 is 18.1 Å². The van der Waals surface area contributed by atoms with Gasteiger partial charge in [0.2, 0.25) is 0 Å². The summed E-state index contributed by atoms with van der Waals surface area (Å²) in [5.74, 6) is -0.602. The zero-order valence-electron chi connectivity index (χ0n) is 13.2. The number of hydrogen-bond acceptors (Lipinski definition) is 5. The minimum absolute atomic E-state index is 0.0363. The molecular formula is C15H23NO5S. The molecule has 0 aromatic carbocycles. The van der Waals surface area contributed by atoms with E-state index in [4.69, 9.17) is 4.55 Å². The molecular weight excluding hydrogens is 306 g/mol. The first-order chi connectivity index (χ1) is 9.98. The summed E-state index contributed by atoms with van der Waals surface area (Å²) in [5.41, 5.74) is 0.694. The number of nitrogens with zero attached hydrogens (tertiary/aromatic N) is 1. The Morgan fingerprint density at radius 2 is 1.86 bits per heavy atom. The Bertz CT molecular complexity index is 677. The molecule has 1 aromatic heterocycles. The summed E-state index contributed by atoms with van der Waals surface area (Å²) in [6.45, 7) is 6.18. The average Bonchev–Trinajstić information content (AvgIpc) is 2.44. The summed E-state index contributed by atoms with van der Waals surface area (Å²) in [7, 11) is -4.03. The van der Waals surface area contributed by atoms with Crippen LogP contribution in [0.2, 0.25) is 0 Å². The summed E-state index contributed by atoms with van der Waals surface area (Å²) < 4.78 is 30.3. The van der Waals surface area contributed by atoms with Crippen molar-refractivity contribution in [1.29, 1.82) is 0 Å². The largest absolute Gasteiger partial charge is 0.506 e. The summed E-state index contributed by atoms with van der Waals surface area (Å²) in [4.78, 5) is 16.3. The number of aromatic nitrogens is 1. The fourth-order valence-corrected chi connectivity index (χ4v) is 2.54. The predicted molar refractivity (Wildman–Crippen MR) is 84.7 cm³/mol. The SMILES string of the molecule is CC(C)(C)CCc1c(CCCS(=O)(=O)O)ncc(O)cc1=O. The lowest BCUT2D eigenvalue weighted by Gasteiger charge is -2.17. The topological polar surface area (TPSA) is 105 Å². The van der Waals surface area contributed by atoms with Crippen molar-refractivity contribution in [2.75, 3.05) is 5.75 Å². The normalized spacial score (nSPS) is 12.4. The fourth-order valence-electron chi connectivity index (χ4n) is 2.03. The van der Waals surface area contributed by atoms with Gasteiger partial charge in [0.1, 0.15) is 5.75 Å². The molecule has 0 spiro atoms. The highest BCUT2D eigenvalue weighted by atomic mass is 32.2. The van der Waals surface area contributed by atoms with Crippen molar-refractivity contribution in [3.8, 4) is 5.75 Å². The molecule has 2 N–H and O–H groups in total. The highest BCUT2D eigenvalue weighted by molar-refractivity contribution is 7.85. The molecule has 7 heteroatoms. The Morgan fingerprint density at radius 1 is 1.23 bits per heavy atom. The van der Waals surface area contributed by atoms with E-state index in [0.717, 1.165) is 12.5 Å². The van der Waals surface area contributed by atoms with Gasteiger partial charge >= 0.3 is 0 Å². The second-order valence-electron chi connectivity index (χ2n) is 6.57. The Hall–Kier alpha value is -1.47. The minimum Gasteiger partial charge on any atom is -0.506 e. The Kier molecular flexibility index (Phi) is 6.08. The number of hydrogen-bond donors (Lipinski definition) is 2. The molecule has 0 atom stereocenters. The third-order valence-electron chi connectivity index (χ3n) is 3.22. The molecule has 1 rings (SSSR count). The van der Waals surface area contributed by atoms with E-state index >= 15 is 0 Å². The molecule has 0 aliphatic heterocycles. The Labute approximate surface area is 131 Å². The first-order valence-electron chi connectivity index (χ1n) is 7.14. The van der Waals surface area contributed by atoms with Crippen molar-refractivity contribution in [2.45, 2.75) is 46.5 Å². The van der Waals surface area contributed by atoms with E-state index in [9.17, 15) is 18.3 Å². The molecule has 0 unspecified atom stereocenters. The van der Waals surface area contributed by atoms with Crippen molar-refractivity contribution in [3.05, 3.63) is 33.7 Å². The van der Waals surface area contributed by atoms with E-state index < -0.39 is 10.1 Å². The summed E-state index contributed by atoms with van der Waals surface area (Å²) in [5, 5.41) is 9.51. The number of rotatable bonds is 6. The van der Waals surface area contributed by atoms with Gasteiger partial charge in [0.15, 0.2) is 5.43 Å². The predicted octanol–water partition coefficient (Wildman–Crippen LogP) is 1.95. The van der Waals surface area contributed by atoms with Crippen LogP contribution in [-0.4, -0.2) is 28.8 Å². The van der Waals surface area contributed by atoms with Gasteiger partial charge in [0.25, 0.3) is 10.1 Å². The van der Waals surface area contributed by atoms with Gasteiger partial charge in [0, 0.05) is 17.3 Å². The highest BCUT2D eigenvalue weighted by Crippen LogP contribution is 2.21. The van der Waals surface area contributed by atoms with Crippen LogP contribution in [0.4, 0.5) is 0 Å². The van der Waals surface area contributed by atoms with Crippen LogP contribution in [0.25, 0.3) is 0 Å². The standard InChI is InChI=1S/C15H23NO5S/c1-15(2,3)7-6-12-13(5-4-8-22(19,20)21)16-10-11(17)9-14(12)18/h9-10,17H,4-8H2,1-3H3,(H,19,20,21). The smallest absolute Gasteiger partial charge is 0.264 e. The Balaban J connectivity index is 3.06. The molecule has 0 radical (unpaired) electrons. The molecule has 0 saturated carbocycles. The lowest BCUT2D eigenvalue weighted by atomic mass is 9.88. The van der Waals surface area contributed by atoms with E-state index in [0.29, 0.717) is 17.7 Å². The molecule has 1 heterocycles. The van der Waals surface area contributed by atoms with Gasteiger partial charge in [-0.2, -0.15) is 8.42 Å². The monoisotopic (exact) mass is 329 g/mol. The van der Waals surface area contributed by atoms with E-state index in [1.807, 2.05) is 0 Å². The molecule has 0 saturated heterocycles. The van der Waals surface area contributed by atoms with E-state index in [1.54, 1.807) is 0 Å². The van der Waals surface area contributed by atoms with Crippen LogP contribution >= 0.6 is 0 Å². The molecule has 0 aliphatic rings. The zero-order valence-corrected chi connectivity index (χ0v) is 14.0. The molecule has 1 aromatic rings. The number of aryl methyl sites for hydroxylation is 1. The Morgan fingerprint density at radius 3 is 2.41 bits per heavy atom. The molecule has 0 aliphatic carbocycles. The van der Waals surface area contributed by atoms with E-state index in [-0.39, 0.29) is 35.2 Å². The van der Waals surface area contributed by atoms with Crippen molar-refractivity contribution in [1.82, 2.24) is 4.98 Å². The second-order valence-corrected chi connectivity index (χ2v) is 8.14. The van der Waals surface area contributed by atoms with Gasteiger partial charge in [-0.3, -0.25) is 14.3 Å². The van der Waals surface area contributed by atoms with Crippen LogP contribution in [-0.2, 0) is 23.0 Å². The molecule has 22 heavy (non-hydrogen) atoms. The fraction of sp³-hybridized carbons (Fsp3) is 0.600. The average molecular weight is 329 g/mol. The van der Waals surface area contributed by atoms with Gasteiger partial charge < -0.3 is 5.11 Å². The maximum absolute atomic E-state index is 12.2. The second kappa shape index (κ2) is 7.19. The van der Waals surface area contributed by atoms with Gasteiger partial charge in [-0.05, 0) is 31.1 Å². The quantitative estimate of drug-likeness (QED) is 0.773. The van der Waals surface area contributed by atoms with Crippen LogP contribution in [0.3, 0.4) is 0 Å². The van der Waals surface area contributed by atoms with Crippen LogP contribution < -0.4 is 5.43 Å². The van der Waals surface area contributed by atoms with Gasteiger partial charge in [-0.1, -0.05) is 20.8 Å². The highest BCUT2D eigenvalue weighted by Gasteiger charge is 2.15. The number of aromatic hydroxyl groups is 1. The van der Waals surface area contributed by atoms with Gasteiger partial charge in [-0.15, -0.1) is 0 Å². The van der Waals surface area contributed by atoms with Gasteiger partial charge in [0.05, 0.1) is 11.9 Å². The van der Waals surface area contributed by atoms with E-state index in [2.05, 4.69) is 25.8 Å². The zero-order chi connectivity index (χ0) is 17.0. The van der Waals surface area contributed by atoms with Crippen molar-refractivity contribution >= 4 is 10.1 Å². The van der Waals surface area contributed by atoms with Crippen LogP contribution in [0.1, 0.15) is 44.9 Å². The molecule has 0 amide bonds. The lowest BCUT2D eigenvalue weighted by molar-refractivity contribution is 0.377. The lowest BCUT2D eigenvalue weighted by Crippen LogP contribution is -2.15. The van der Waals surface area contributed by atoms with Crippen molar-refractivity contribution in [3.63, 3.8) is 0 Å².